The number of nitrogens with two attached hydrogens (primary N) is 1. The summed E-state index contributed by atoms with van der Waals surface area (Å²) in [5, 5.41) is 8.33. The Morgan fingerprint density at radius 1 is 1.54 bits per heavy atom. The molecule has 3 nitrogen and oxygen atoms in total. The Hall–Kier alpha value is -1.77. The van der Waals surface area contributed by atoms with Crippen molar-refractivity contribution >= 4 is 5.82 Å². The van der Waals surface area contributed by atoms with E-state index in [1.807, 2.05) is 0 Å². The summed E-state index contributed by atoms with van der Waals surface area (Å²) in [6, 6.07) is 2.08. The lowest BCUT2D eigenvalue weighted by molar-refractivity contribution is 0.146. The molecular formula is C7H4F3N3. The summed E-state index contributed by atoms with van der Waals surface area (Å²) in [4.78, 5) is 3.08. The molecule has 0 spiro atoms. The van der Waals surface area contributed by atoms with Crippen LogP contribution in [0.2, 0.25) is 0 Å². The largest absolute Gasteiger partial charge is 0.381 e. The standard InChI is InChI=1S/C7H4F3N3/c8-5-3(2-11)1-4(6(9)10)13-7(5)12/h1,6H,(H2,12,13). The van der Waals surface area contributed by atoms with Gasteiger partial charge in [0.25, 0.3) is 6.43 Å². The molecule has 1 aromatic rings. The van der Waals surface area contributed by atoms with Crippen molar-refractivity contribution < 1.29 is 13.2 Å². The third-order valence-corrected chi connectivity index (χ3v) is 1.35. The normalized spacial score (nSPS) is 10.1. The topological polar surface area (TPSA) is 62.7 Å². The molecule has 1 aromatic heterocycles. The van der Waals surface area contributed by atoms with Crippen molar-refractivity contribution in [1.29, 1.82) is 5.26 Å². The molecule has 0 fully saturated rings. The molecule has 0 amide bonds. The van der Waals surface area contributed by atoms with Gasteiger partial charge in [-0.05, 0) is 6.07 Å². The molecule has 1 heterocycles. The third-order valence-electron chi connectivity index (χ3n) is 1.35. The SMILES string of the molecule is N#Cc1cc(C(F)F)nc(N)c1F. The lowest BCUT2D eigenvalue weighted by atomic mass is 10.2. The van der Waals surface area contributed by atoms with Crippen LogP contribution in [0.25, 0.3) is 0 Å². The van der Waals surface area contributed by atoms with Gasteiger partial charge in [0, 0.05) is 0 Å². The molecule has 0 saturated heterocycles. The number of hydrogen-bond donors (Lipinski definition) is 1. The van der Waals surface area contributed by atoms with Crippen molar-refractivity contribution in [2.24, 2.45) is 0 Å². The molecule has 0 aliphatic carbocycles. The molecule has 0 radical (unpaired) electrons. The van der Waals surface area contributed by atoms with E-state index in [-0.39, 0.29) is 0 Å². The minimum absolute atomic E-state index is 0.525. The van der Waals surface area contributed by atoms with E-state index in [0.29, 0.717) is 6.07 Å². The Labute approximate surface area is 71.6 Å². The van der Waals surface area contributed by atoms with Gasteiger partial charge >= 0.3 is 0 Å². The predicted molar refractivity (Wildman–Crippen MR) is 38.3 cm³/mol. The first kappa shape index (κ1) is 9.32. The number of pyridine rings is 1. The van der Waals surface area contributed by atoms with E-state index in [1.54, 1.807) is 0 Å². The first-order valence-corrected chi connectivity index (χ1v) is 3.20. The highest BCUT2D eigenvalue weighted by molar-refractivity contribution is 5.43. The number of alkyl halides is 2. The van der Waals surface area contributed by atoms with Crippen LogP contribution in [0.3, 0.4) is 0 Å². The molecular weight excluding hydrogens is 183 g/mol. The predicted octanol–water partition coefficient (Wildman–Crippen LogP) is 1.61. The van der Waals surface area contributed by atoms with Gasteiger partial charge in [0.1, 0.15) is 11.8 Å². The van der Waals surface area contributed by atoms with Gasteiger partial charge in [-0.25, -0.2) is 18.2 Å². The summed E-state index contributed by atoms with van der Waals surface area (Å²) >= 11 is 0. The second-order valence-corrected chi connectivity index (χ2v) is 2.21. The summed E-state index contributed by atoms with van der Waals surface area (Å²) < 4.78 is 36.9. The number of nitrogens with zero attached hydrogens (tertiary/aromatic N) is 2. The number of nitrogen functional groups attached to an aromatic ring is 1. The number of aromatic nitrogens is 1. The van der Waals surface area contributed by atoms with Crippen LogP contribution in [0.1, 0.15) is 17.7 Å². The fourth-order valence-electron chi connectivity index (χ4n) is 0.763. The molecule has 68 valence electrons. The van der Waals surface area contributed by atoms with Crippen molar-refractivity contribution in [1.82, 2.24) is 4.98 Å². The quantitative estimate of drug-likeness (QED) is 0.726. The molecule has 0 aliphatic heterocycles. The molecule has 0 aliphatic rings. The van der Waals surface area contributed by atoms with Crippen LogP contribution in [0.15, 0.2) is 6.07 Å². The van der Waals surface area contributed by atoms with Gasteiger partial charge < -0.3 is 5.73 Å². The number of anilines is 1. The maximum Gasteiger partial charge on any atom is 0.280 e. The maximum absolute atomic E-state index is 12.8. The summed E-state index contributed by atoms with van der Waals surface area (Å²) in [6.45, 7) is 0. The smallest absolute Gasteiger partial charge is 0.280 e. The minimum atomic E-state index is -2.87. The zero-order valence-electron chi connectivity index (χ0n) is 6.26. The molecule has 1 rings (SSSR count). The van der Waals surface area contributed by atoms with Gasteiger partial charge in [0.15, 0.2) is 11.6 Å². The monoisotopic (exact) mass is 187 g/mol. The van der Waals surface area contributed by atoms with E-state index >= 15 is 0 Å². The highest BCUT2D eigenvalue weighted by Gasteiger charge is 2.15. The average molecular weight is 187 g/mol. The summed E-state index contributed by atoms with van der Waals surface area (Å²) in [7, 11) is 0. The highest BCUT2D eigenvalue weighted by Crippen LogP contribution is 2.21. The van der Waals surface area contributed by atoms with Crippen LogP contribution in [-0.4, -0.2) is 4.98 Å². The Bertz CT molecular complexity index is 370. The molecule has 0 aromatic carbocycles. The Morgan fingerprint density at radius 3 is 2.62 bits per heavy atom. The van der Waals surface area contributed by atoms with E-state index in [9.17, 15) is 13.2 Å². The average Bonchev–Trinajstić information content (AvgIpc) is 2.09. The zero-order valence-corrected chi connectivity index (χ0v) is 6.26. The summed E-state index contributed by atoms with van der Waals surface area (Å²) in [5.74, 6) is -1.75. The van der Waals surface area contributed by atoms with Crippen LogP contribution < -0.4 is 5.73 Å². The van der Waals surface area contributed by atoms with Gasteiger partial charge in [-0.2, -0.15) is 5.26 Å². The molecule has 0 atom stereocenters. The Balaban J connectivity index is 3.32. The molecule has 0 unspecified atom stereocenters. The van der Waals surface area contributed by atoms with Gasteiger partial charge in [0.05, 0.1) is 5.56 Å². The number of halogens is 3. The first-order chi connectivity index (χ1) is 6.06. The van der Waals surface area contributed by atoms with Crippen LogP contribution >= 0.6 is 0 Å². The van der Waals surface area contributed by atoms with Crippen molar-refractivity contribution in [3.63, 3.8) is 0 Å². The van der Waals surface area contributed by atoms with Crippen molar-refractivity contribution in [2.45, 2.75) is 6.43 Å². The fraction of sp³-hybridized carbons (Fsp3) is 0.143. The zero-order chi connectivity index (χ0) is 10.0. The highest BCUT2D eigenvalue weighted by atomic mass is 19.3. The molecule has 6 heteroatoms. The molecule has 2 N–H and O–H groups in total. The second kappa shape index (κ2) is 3.31. The number of hydrogen-bond acceptors (Lipinski definition) is 3. The van der Waals surface area contributed by atoms with Crippen LogP contribution in [0, 0.1) is 17.1 Å². The lowest BCUT2D eigenvalue weighted by Crippen LogP contribution is -2.02. The molecule has 13 heavy (non-hydrogen) atoms. The third kappa shape index (κ3) is 1.69. The summed E-state index contributed by atoms with van der Waals surface area (Å²) in [5.41, 5.74) is 3.74. The Morgan fingerprint density at radius 2 is 2.15 bits per heavy atom. The Kier molecular flexibility index (Phi) is 2.37. The lowest BCUT2D eigenvalue weighted by Gasteiger charge is -2.02. The van der Waals surface area contributed by atoms with Crippen molar-refractivity contribution in [2.75, 3.05) is 5.73 Å². The molecule has 0 saturated carbocycles. The second-order valence-electron chi connectivity index (χ2n) is 2.21. The van der Waals surface area contributed by atoms with Gasteiger partial charge in [-0.1, -0.05) is 0 Å². The van der Waals surface area contributed by atoms with Crippen molar-refractivity contribution in [3.05, 3.63) is 23.1 Å². The van der Waals surface area contributed by atoms with Crippen molar-refractivity contribution in [3.8, 4) is 6.07 Å². The van der Waals surface area contributed by atoms with E-state index in [1.165, 1.54) is 6.07 Å². The van der Waals surface area contributed by atoms with Gasteiger partial charge in [-0.15, -0.1) is 0 Å². The van der Waals surface area contributed by atoms with Gasteiger partial charge in [0.2, 0.25) is 0 Å². The van der Waals surface area contributed by atoms with Crippen LogP contribution in [0.4, 0.5) is 19.0 Å². The van der Waals surface area contributed by atoms with E-state index in [4.69, 9.17) is 11.0 Å². The van der Waals surface area contributed by atoms with E-state index in [0.717, 1.165) is 0 Å². The number of nitriles is 1. The van der Waals surface area contributed by atoms with E-state index < -0.39 is 29.3 Å². The molecule has 0 bridgehead atoms. The van der Waals surface area contributed by atoms with E-state index in [2.05, 4.69) is 4.98 Å². The maximum atomic E-state index is 12.8. The first-order valence-electron chi connectivity index (χ1n) is 3.20. The fourth-order valence-corrected chi connectivity index (χ4v) is 0.763. The minimum Gasteiger partial charge on any atom is -0.381 e. The van der Waals surface area contributed by atoms with Gasteiger partial charge in [-0.3, -0.25) is 0 Å². The summed E-state index contributed by atoms with van der Waals surface area (Å²) in [6.07, 6.45) is -2.87. The number of rotatable bonds is 1. The van der Waals surface area contributed by atoms with Crippen LogP contribution in [-0.2, 0) is 0 Å². The van der Waals surface area contributed by atoms with Crippen LogP contribution in [0.5, 0.6) is 0 Å².